The van der Waals surface area contributed by atoms with E-state index in [0.717, 1.165) is 4.90 Å². The topological polar surface area (TPSA) is 73.2 Å². The van der Waals surface area contributed by atoms with E-state index in [1.165, 1.54) is 0 Å². The zero-order chi connectivity index (χ0) is 14.0. The summed E-state index contributed by atoms with van der Waals surface area (Å²) in [5.74, 6) is -0.388. The minimum atomic E-state index is -1.18. The predicted molar refractivity (Wildman–Crippen MR) is 69.3 cm³/mol. The van der Waals surface area contributed by atoms with E-state index in [4.69, 9.17) is 16.9 Å². The van der Waals surface area contributed by atoms with E-state index in [9.17, 15) is 9.59 Å². The van der Waals surface area contributed by atoms with Crippen LogP contribution in [0, 0.1) is 11.3 Å². The van der Waals surface area contributed by atoms with Crippen LogP contribution in [0.15, 0.2) is 24.3 Å². The zero-order valence-corrected chi connectivity index (χ0v) is 11.1. The van der Waals surface area contributed by atoms with Crippen molar-refractivity contribution in [2.24, 2.45) is 0 Å². The molecule has 2 rings (SSSR count). The summed E-state index contributed by atoms with van der Waals surface area (Å²) in [5, 5.41) is 11.6. The van der Waals surface area contributed by atoms with Gasteiger partial charge < -0.3 is 5.32 Å². The van der Waals surface area contributed by atoms with Crippen LogP contribution in [0.2, 0.25) is 5.02 Å². The van der Waals surface area contributed by atoms with Gasteiger partial charge in [0.25, 0.3) is 5.91 Å². The summed E-state index contributed by atoms with van der Waals surface area (Å²) in [6, 6.07) is 8.29. The van der Waals surface area contributed by atoms with Crippen molar-refractivity contribution in [1.29, 1.82) is 5.26 Å². The van der Waals surface area contributed by atoms with Gasteiger partial charge in [-0.05, 0) is 13.0 Å². The Kier molecular flexibility index (Phi) is 3.45. The largest absolute Gasteiger partial charge is 0.325 e. The third-order valence-corrected chi connectivity index (χ3v) is 3.46. The number of urea groups is 1. The van der Waals surface area contributed by atoms with E-state index in [0.29, 0.717) is 10.6 Å². The van der Waals surface area contributed by atoms with Gasteiger partial charge in [-0.15, -0.1) is 0 Å². The lowest BCUT2D eigenvalue weighted by Gasteiger charge is -2.23. The maximum Gasteiger partial charge on any atom is 0.325 e. The molecule has 3 amide bonds. The highest BCUT2D eigenvalue weighted by Crippen LogP contribution is 2.33. The Morgan fingerprint density at radius 1 is 1.42 bits per heavy atom. The molecule has 0 saturated carbocycles. The minimum absolute atomic E-state index is 0.0845. The fraction of sp³-hybridized carbons (Fsp3) is 0.308. The predicted octanol–water partition coefficient (Wildman–Crippen LogP) is 2.02. The van der Waals surface area contributed by atoms with Gasteiger partial charge in [-0.1, -0.05) is 29.8 Å². The number of carbonyl (C=O) groups is 2. The highest BCUT2D eigenvalue weighted by molar-refractivity contribution is 6.32. The van der Waals surface area contributed by atoms with Crippen LogP contribution in [0.4, 0.5) is 4.79 Å². The van der Waals surface area contributed by atoms with Crippen LogP contribution in [0.25, 0.3) is 0 Å². The van der Waals surface area contributed by atoms with Crippen molar-refractivity contribution < 1.29 is 9.59 Å². The maximum absolute atomic E-state index is 12.4. The van der Waals surface area contributed by atoms with Gasteiger partial charge >= 0.3 is 6.03 Å². The molecule has 5 nitrogen and oxygen atoms in total. The van der Waals surface area contributed by atoms with E-state index < -0.39 is 11.6 Å². The van der Waals surface area contributed by atoms with Crippen LogP contribution in [0.5, 0.6) is 0 Å². The lowest BCUT2D eigenvalue weighted by Crippen LogP contribution is -2.41. The Balaban J connectivity index is 2.37. The SMILES string of the molecule is C[C@@]1(c2ccccc2Cl)NC(=O)N(CCC#N)C1=O. The number of hydrogen-bond donors (Lipinski definition) is 1. The van der Waals surface area contributed by atoms with Crippen molar-refractivity contribution in [3.05, 3.63) is 34.9 Å². The first-order valence-corrected chi connectivity index (χ1v) is 6.14. The molecule has 6 heteroatoms. The lowest BCUT2D eigenvalue weighted by atomic mass is 9.92. The number of nitrogens with one attached hydrogen (secondary N) is 1. The maximum atomic E-state index is 12.4. The first-order valence-electron chi connectivity index (χ1n) is 5.77. The van der Waals surface area contributed by atoms with Crippen molar-refractivity contribution >= 4 is 23.5 Å². The standard InChI is InChI=1S/C13H12ClN3O2/c1-13(9-5-2-3-6-10(9)14)11(18)17(8-4-7-15)12(19)16-13/h2-3,5-6H,4,8H2,1H3,(H,16,19)/t13-/m0/s1. The molecule has 0 unspecified atom stereocenters. The summed E-state index contributed by atoms with van der Waals surface area (Å²) >= 11 is 6.08. The van der Waals surface area contributed by atoms with E-state index >= 15 is 0 Å². The summed E-state index contributed by atoms with van der Waals surface area (Å²) in [4.78, 5) is 25.3. The molecule has 1 saturated heterocycles. The number of hydrogen-bond acceptors (Lipinski definition) is 3. The molecule has 1 aliphatic heterocycles. The Labute approximate surface area is 115 Å². The molecule has 1 aromatic rings. The van der Waals surface area contributed by atoms with Crippen molar-refractivity contribution in [3.63, 3.8) is 0 Å². The molecule has 98 valence electrons. The van der Waals surface area contributed by atoms with Gasteiger partial charge in [0, 0.05) is 17.1 Å². The third kappa shape index (κ3) is 2.15. The Morgan fingerprint density at radius 3 is 2.74 bits per heavy atom. The highest BCUT2D eigenvalue weighted by atomic mass is 35.5. The Bertz CT molecular complexity index is 581. The van der Waals surface area contributed by atoms with Gasteiger partial charge in [-0.2, -0.15) is 5.26 Å². The van der Waals surface area contributed by atoms with Crippen LogP contribution in [-0.2, 0) is 10.3 Å². The van der Waals surface area contributed by atoms with Gasteiger partial charge in [-0.3, -0.25) is 9.69 Å². The minimum Gasteiger partial charge on any atom is -0.319 e. The summed E-state index contributed by atoms with van der Waals surface area (Å²) in [6.07, 6.45) is 0.109. The smallest absolute Gasteiger partial charge is 0.319 e. The second-order valence-electron chi connectivity index (χ2n) is 4.40. The quantitative estimate of drug-likeness (QED) is 0.859. The summed E-state index contributed by atoms with van der Waals surface area (Å²) in [7, 11) is 0. The number of nitriles is 1. The zero-order valence-electron chi connectivity index (χ0n) is 10.3. The Morgan fingerprint density at radius 2 is 2.11 bits per heavy atom. The van der Waals surface area contributed by atoms with E-state index in [1.54, 1.807) is 31.2 Å². The van der Waals surface area contributed by atoms with Crippen LogP contribution < -0.4 is 5.32 Å². The first kappa shape index (κ1) is 13.4. The summed E-state index contributed by atoms with van der Waals surface area (Å²) in [6.45, 7) is 1.70. The van der Waals surface area contributed by atoms with E-state index in [1.807, 2.05) is 6.07 Å². The molecule has 1 N–H and O–H groups in total. The molecule has 0 aliphatic carbocycles. The fourth-order valence-electron chi connectivity index (χ4n) is 2.11. The summed E-state index contributed by atoms with van der Waals surface area (Å²) in [5.41, 5.74) is -0.625. The van der Waals surface area contributed by atoms with Gasteiger partial charge in [-0.25, -0.2) is 4.79 Å². The molecular formula is C13H12ClN3O2. The monoisotopic (exact) mass is 277 g/mol. The molecule has 0 bridgehead atoms. The van der Waals surface area contributed by atoms with E-state index in [2.05, 4.69) is 5.32 Å². The normalized spacial score (nSPS) is 22.3. The number of nitrogens with zero attached hydrogens (tertiary/aromatic N) is 2. The number of rotatable bonds is 3. The van der Waals surface area contributed by atoms with Crippen molar-refractivity contribution in [2.75, 3.05) is 6.54 Å². The second-order valence-corrected chi connectivity index (χ2v) is 4.81. The number of benzene rings is 1. The first-order chi connectivity index (χ1) is 9.00. The van der Waals surface area contributed by atoms with Crippen LogP contribution >= 0.6 is 11.6 Å². The van der Waals surface area contributed by atoms with E-state index in [-0.39, 0.29) is 18.9 Å². The molecule has 1 atom stereocenters. The fourth-order valence-corrected chi connectivity index (χ4v) is 2.44. The molecule has 0 radical (unpaired) electrons. The van der Waals surface area contributed by atoms with Crippen molar-refractivity contribution in [1.82, 2.24) is 10.2 Å². The molecule has 1 fully saturated rings. The highest BCUT2D eigenvalue weighted by Gasteiger charge is 2.49. The van der Waals surface area contributed by atoms with Crippen molar-refractivity contribution in [2.45, 2.75) is 18.9 Å². The van der Waals surface area contributed by atoms with Gasteiger partial charge in [0.1, 0.15) is 5.54 Å². The second kappa shape index (κ2) is 4.90. The molecule has 1 heterocycles. The average Bonchev–Trinajstić information content (AvgIpc) is 2.59. The number of amides is 3. The van der Waals surface area contributed by atoms with Gasteiger partial charge in [0.15, 0.2) is 0 Å². The molecular weight excluding hydrogens is 266 g/mol. The number of imide groups is 1. The number of halogens is 1. The Hall–Kier alpha value is -2.06. The van der Waals surface area contributed by atoms with Crippen LogP contribution in [0.3, 0.4) is 0 Å². The molecule has 1 aromatic carbocycles. The lowest BCUT2D eigenvalue weighted by molar-refractivity contribution is -0.131. The van der Waals surface area contributed by atoms with Gasteiger partial charge in [0.2, 0.25) is 0 Å². The van der Waals surface area contributed by atoms with Crippen LogP contribution in [-0.4, -0.2) is 23.4 Å². The average molecular weight is 278 g/mol. The molecule has 0 spiro atoms. The molecule has 1 aliphatic rings. The van der Waals surface area contributed by atoms with Crippen molar-refractivity contribution in [3.8, 4) is 6.07 Å². The summed E-state index contributed by atoms with van der Waals surface area (Å²) < 4.78 is 0. The molecule has 0 aromatic heterocycles. The van der Waals surface area contributed by atoms with Gasteiger partial charge in [0.05, 0.1) is 12.5 Å². The third-order valence-electron chi connectivity index (χ3n) is 3.13. The molecule has 19 heavy (non-hydrogen) atoms. The van der Waals surface area contributed by atoms with Crippen LogP contribution in [0.1, 0.15) is 18.9 Å². The number of carbonyl (C=O) groups excluding carboxylic acids is 2.